The Morgan fingerprint density at radius 1 is 0.920 bits per heavy atom. The zero-order chi connectivity index (χ0) is 16.3. The van der Waals surface area contributed by atoms with Gasteiger partial charge in [-0.2, -0.15) is 0 Å². The molecule has 0 aliphatic carbocycles. The maximum absolute atomic E-state index is 12.9. The first-order chi connectivity index (χ1) is 11.3. The lowest BCUT2D eigenvalue weighted by Gasteiger charge is -2.12. The highest BCUT2D eigenvalue weighted by Crippen LogP contribution is 2.19. The van der Waals surface area contributed by atoms with Crippen LogP contribution in [0.1, 0.15) is 24.5 Å². The first-order valence-electron chi connectivity index (χ1n) is 8.16. The van der Waals surface area contributed by atoms with E-state index in [0.29, 0.717) is 6.61 Å². The van der Waals surface area contributed by atoms with Gasteiger partial charge in [-0.25, -0.2) is 4.39 Å². The van der Waals surface area contributed by atoms with E-state index in [1.54, 1.807) is 12.1 Å². The molecule has 0 amide bonds. The van der Waals surface area contributed by atoms with Gasteiger partial charge in [-0.05, 0) is 49.8 Å². The van der Waals surface area contributed by atoms with Crippen molar-refractivity contribution in [2.45, 2.75) is 26.5 Å². The summed E-state index contributed by atoms with van der Waals surface area (Å²) in [6.45, 7) is 6.36. The fourth-order valence-electron chi connectivity index (χ4n) is 2.27. The highest BCUT2D eigenvalue weighted by molar-refractivity contribution is 5.85. The van der Waals surface area contributed by atoms with Gasteiger partial charge >= 0.3 is 0 Å². The van der Waals surface area contributed by atoms with Crippen LogP contribution >= 0.6 is 24.8 Å². The molecular weight excluding hydrogens is 362 g/mol. The number of rotatable bonds is 10. The molecule has 0 unspecified atom stereocenters. The molecule has 0 atom stereocenters. The summed E-state index contributed by atoms with van der Waals surface area (Å²) in [5, 5.41) is 6.75. The molecule has 0 heterocycles. The third-order valence-electron chi connectivity index (χ3n) is 3.55. The lowest BCUT2D eigenvalue weighted by atomic mass is 10.2. The Morgan fingerprint density at radius 2 is 1.60 bits per heavy atom. The van der Waals surface area contributed by atoms with Crippen molar-refractivity contribution in [3.63, 3.8) is 0 Å². The summed E-state index contributed by atoms with van der Waals surface area (Å²) < 4.78 is 18.8. The first kappa shape index (κ1) is 23.7. The summed E-state index contributed by atoms with van der Waals surface area (Å²) in [6, 6.07) is 14.4. The van der Waals surface area contributed by atoms with Crippen molar-refractivity contribution in [1.82, 2.24) is 10.6 Å². The predicted molar refractivity (Wildman–Crippen MR) is 107 cm³/mol. The van der Waals surface area contributed by atoms with Crippen molar-refractivity contribution in [3.8, 4) is 5.75 Å². The van der Waals surface area contributed by atoms with E-state index in [1.807, 2.05) is 18.2 Å². The minimum Gasteiger partial charge on any atom is -0.489 e. The van der Waals surface area contributed by atoms with Crippen LogP contribution in [0.4, 0.5) is 4.39 Å². The molecule has 2 aromatic carbocycles. The number of hydrogen-bond donors (Lipinski definition) is 2. The molecule has 25 heavy (non-hydrogen) atoms. The van der Waals surface area contributed by atoms with E-state index >= 15 is 0 Å². The van der Waals surface area contributed by atoms with E-state index in [2.05, 4.69) is 23.6 Å². The minimum absolute atomic E-state index is 0. The highest BCUT2D eigenvalue weighted by Gasteiger charge is 2.03. The van der Waals surface area contributed by atoms with Gasteiger partial charge in [0.05, 0.1) is 0 Å². The lowest BCUT2D eigenvalue weighted by molar-refractivity contribution is 0.302. The molecule has 0 spiro atoms. The first-order valence-corrected chi connectivity index (χ1v) is 8.16. The molecule has 0 bridgehead atoms. The fourth-order valence-corrected chi connectivity index (χ4v) is 2.27. The van der Waals surface area contributed by atoms with Crippen LogP contribution in [-0.2, 0) is 13.2 Å². The number of benzene rings is 2. The van der Waals surface area contributed by atoms with Gasteiger partial charge in [0, 0.05) is 12.1 Å². The van der Waals surface area contributed by atoms with Crippen LogP contribution in [0.5, 0.6) is 5.75 Å². The summed E-state index contributed by atoms with van der Waals surface area (Å²) in [5.74, 6) is 0.645. The Labute approximate surface area is 162 Å². The normalized spacial score (nSPS) is 9.84. The van der Waals surface area contributed by atoms with Crippen LogP contribution in [-0.4, -0.2) is 19.6 Å². The third-order valence-corrected chi connectivity index (χ3v) is 3.55. The van der Waals surface area contributed by atoms with Gasteiger partial charge in [-0.1, -0.05) is 37.3 Å². The second kappa shape index (κ2) is 13.9. The maximum Gasteiger partial charge on any atom is 0.124 e. The second-order valence-electron chi connectivity index (χ2n) is 5.41. The average Bonchev–Trinajstić information content (AvgIpc) is 2.58. The molecule has 140 valence electrons. The quantitative estimate of drug-likeness (QED) is 0.594. The van der Waals surface area contributed by atoms with Crippen molar-refractivity contribution in [2.24, 2.45) is 0 Å². The zero-order valence-electron chi connectivity index (χ0n) is 14.5. The van der Waals surface area contributed by atoms with Crippen molar-refractivity contribution >= 4 is 24.8 Å². The van der Waals surface area contributed by atoms with Crippen LogP contribution in [0.15, 0.2) is 48.5 Å². The van der Waals surface area contributed by atoms with Crippen LogP contribution in [0, 0.1) is 5.82 Å². The molecule has 3 nitrogen and oxygen atoms in total. The summed E-state index contributed by atoms with van der Waals surface area (Å²) >= 11 is 0. The molecule has 0 radical (unpaired) electrons. The molecule has 2 N–H and O–H groups in total. The fraction of sp³-hybridized carbons (Fsp3) is 0.368. The molecule has 0 saturated carbocycles. The maximum atomic E-state index is 12.9. The SMILES string of the molecule is CCNCCCNCc1ccccc1OCc1ccc(F)cc1.Cl.Cl. The number of para-hydroxylation sites is 1. The standard InChI is InChI=1S/C19H25FN2O.2ClH/c1-2-21-12-5-13-22-14-17-6-3-4-7-19(17)23-15-16-8-10-18(20)11-9-16;;/h3-4,6-11,21-22H,2,5,12-15H2,1H3;2*1H. The van der Waals surface area contributed by atoms with E-state index in [4.69, 9.17) is 4.74 Å². The number of nitrogens with one attached hydrogen (secondary N) is 2. The molecule has 0 aliphatic rings. The molecule has 6 heteroatoms. The van der Waals surface area contributed by atoms with Gasteiger partial charge in [0.2, 0.25) is 0 Å². The Hall–Kier alpha value is -1.33. The summed E-state index contributed by atoms with van der Waals surface area (Å²) in [4.78, 5) is 0. The van der Waals surface area contributed by atoms with E-state index in [0.717, 1.165) is 49.5 Å². The van der Waals surface area contributed by atoms with E-state index < -0.39 is 0 Å². The number of halogens is 3. The van der Waals surface area contributed by atoms with E-state index in [9.17, 15) is 4.39 Å². The van der Waals surface area contributed by atoms with Gasteiger partial charge in [-0.3, -0.25) is 0 Å². The number of hydrogen-bond acceptors (Lipinski definition) is 3. The van der Waals surface area contributed by atoms with Gasteiger partial charge < -0.3 is 15.4 Å². The van der Waals surface area contributed by atoms with Crippen LogP contribution in [0.3, 0.4) is 0 Å². The predicted octanol–water partition coefficient (Wildman–Crippen LogP) is 4.34. The van der Waals surface area contributed by atoms with E-state index in [1.165, 1.54) is 12.1 Å². The smallest absolute Gasteiger partial charge is 0.124 e. The van der Waals surface area contributed by atoms with Crippen LogP contribution in [0.2, 0.25) is 0 Å². The molecule has 0 fully saturated rings. The molecule has 0 saturated heterocycles. The summed E-state index contributed by atoms with van der Waals surface area (Å²) in [5.41, 5.74) is 2.10. The monoisotopic (exact) mass is 388 g/mol. The highest BCUT2D eigenvalue weighted by atomic mass is 35.5. The lowest BCUT2D eigenvalue weighted by Crippen LogP contribution is -2.21. The van der Waals surface area contributed by atoms with Gasteiger partial charge in [0.1, 0.15) is 18.2 Å². The Kier molecular flexibility index (Phi) is 13.2. The van der Waals surface area contributed by atoms with Gasteiger partial charge in [-0.15, -0.1) is 24.8 Å². The zero-order valence-corrected chi connectivity index (χ0v) is 16.1. The van der Waals surface area contributed by atoms with Crippen molar-refractivity contribution in [3.05, 3.63) is 65.5 Å². The van der Waals surface area contributed by atoms with Crippen LogP contribution < -0.4 is 15.4 Å². The summed E-state index contributed by atoms with van der Waals surface area (Å²) in [6.07, 6.45) is 1.10. The topological polar surface area (TPSA) is 33.3 Å². The minimum atomic E-state index is -0.226. The van der Waals surface area contributed by atoms with Crippen molar-refractivity contribution in [2.75, 3.05) is 19.6 Å². The second-order valence-corrected chi connectivity index (χ2v) is 5.41. The van der Waals surface area contributed by atoms with Gasteiger partial charge in [0.25, 0.3) is 0 Å². The van der Waals surface area contributed by atoms with E-state index in [-0.39, 0.29) is 30.6 Å². The third kappa shape index (κ3) is 9.07. The molecule has 0 aliphatic heterocycles. The molecule has 2 rings (SSSR count). The largest absolute Gasteiger partial charge is 0.489 e. The Bertz CT molecular complexity index is 582. The van der Waals surface area contributed by atoms with Crippen molar-refractivity contribution < 1.29 is 9.13 Å². The van der Waals surface area contributed by atoms with Gasteiger partial charge in [0.15, 0.2) is 0 Å². The average molecular weight is 389 g/mol. The molecule has 0 aromatic heterocycles. The van der Waals surface area contributed by atoms with Crippen LogP contribution in [0.25, 0.3) is 0 Å². The summed E-state index contributed by atoms with van der Waals surface area (Å²) in [7, 11) is 0. The number of ether oxygens (including phenoxy) is 1. The Balaban J connectivity index is 0.00000288. The molecular formula is C19H27Cl2FN2O. The van der Waals surface area contributed by atoms with Crippen molar-refractivity contribution in [1.29, 1.82) is 0 Å². The Morgan fingerprint density at radius 3 is 2.32 bits per heavy atom. The molecule has 2 aromatic rings.